The van der Waals surface area contributed by atoms with Gasteiger partial charge in [-0.2, -0.15) is 0 Å². The molecule has 0 bridgehead atoms. The van der Waals surface area contributed by atoms with Gasteiger partial charge in [0.05, 0.1) is 11.9 Å². The highest BCUT2D eigenvalue weighted by atomic mass is 32.2. The highest BCUT2D eigenvalue weighted by Crippen LogP contribution is 2.18. The van der Waals surface area contributed by atoms with Crippen molar-refractivity contribution in [1.82, 2.24) is 5.32 Å². The van der Waals surface area contributed by atoms with Gasteiger partial charge in [-0.15, -0.1) is 0 Å². The van der Waals surface area contributed by atoms with Gasteiger partial charge in [0.15, 0.2) is 0 Å². The molecule has 0 aliphatic rings. The minimum absolute atomic E-state index is 0.0599. The molecule has 0 spiro atoms. The van der Waals surface area contributed by atoms with E-state index in [1.54, 1.807) is 24.3 Å². The first kappa shape index (κ1) is 19.9. The van der Waals surface area contributed by atoms with Crippen molar-refractivity contribution in [3.63, 3.8) is 0 Å². The Labute approximate surface area is 153 Å². The summed E-state index contributed by atoms with van der Waals surface area (Å²) in [5.41, 5.74) is 2.49. The maximum absolute atomic E-state index is 12.8. The van der Waals surface area contributed by atoms with Gasteiger partial charge in [-0.1, -0.05) is 29.8 Å². The van der Waals surface area contributed by atoms with E-state index in [-0.39, 0.29) is 24.7 Å². The normalized spacial score (nSPS) is 11.2. The van der Waals surface area contributed by atoms with Gasteiger partial charge < -0.3 is 5.32 Å². The highest BCUT2D eigenvalue weighted by Gasteiger charge is 2.18. The van der Waals surface area contributed by atoms with Crippen LogP contribution in [-0.4, -0.2) is 33.7 Å². The summed E-state index contributed by atoms with van der Waals surface area (Å²) in [6, 6.07) is 13.2. The Kier molecular flexibility index (Phi) is 6.74. The number of rotatable bonds is 8. The fourth-order valence-corrected chi connectivity index (χ4v) is 3.41. The van der Waals surface area contributed by atoms with Gasteiger partial charge in [0, 0.05) is 19.5 Å². The molecule has 0 aliphatic carbocycles. The lowest BCUT2D eigenvalue weighted by Crippen LogP contribution is -2.35. The zero-order valence-corrected chi connectivity index (χ0v) is 15.7. The zero-order valence-electron chi connectivity index (χ0n) is 14.9. The molecule has 5 nitrogen and oxygen atoms in total. The van der Waals surface area contributed by atoms with Crippen LogP contribution in [0.3, 0.4) is 0 Å². The number of nitrogens with one attached hydrogen (secondary N) is 1. The van der Waals surface area contributed by atoms with E-state index < -0.39 is 10.0 Å². The third kappa shape index (κ3) is 6.15. The number of halogens is 1. The maximum atomic E-state index is 12.8. The molecule has 0 heterocycles. The smallest absolute Gasteiger partial charge is 0.232 e. The van der Waals surface area contributed by atoms with Gasteiger partial charge in [-0.05, 0) is 43.2 Å². The number of carbonyl (C=O) groups excluding carboxylic acids is 1. The van der Waals surface area contributed by atoms with Crippen LogP contribution in [0.15, 0.2) is 48.5 Å². The van der Waals surface area contributed by atoms with Crippen LogP contribution in [0.4, 0.5) is 10.1 Å². The van der Waals surface area contributed by atoms with Crippen molar-refractivity contribution >= 4 is 21.6 Å². The van der Waals surface area contributed by atoms with Crippen LogP contribution in [0.25, 0.3) is 0 Å². The van der Waals surface area contributed by atoms with Crippen molar-refractivity contribution in [2.45, 2.75) is 19.8 Å². The number of hydrogen-bond donors (Lipinski definition) is 1. The standard InChI is InChI=1S/C19H23FN2O3S/c1-15-3-9-18(10-4-15)22(26(2,24)25)14-12-19(23)21-13-11-16-5-7-17(20)8-6-16/h3-10H,11-14H2,1-2H3,(H,21,23). The van der Waals surface area contributed by atoms with Crippen LogP contribution in [0.1, 0.15) is 17.5 Å². The van der Waals surface area contributed by atoms with Crippen molar-refractivity contribution in [3.05, 3.63) is 65.5 Å². The van der Waals surface area contributed by atoms with Crippen LogP contribution >= 0.6 is 0 Å². The van der Waals surface area contributed by atoms with Gasteiger partial charge in [0.25, 0.3) is 0 Å². The summed E-state index contributed by atoms with van der Waals surface area (Å²) in [4.78, 5) is 12.0. The molecular weight excluding hydrogens is 355 g/mol. The average molecular weight is 378 g/mol. The molecule has 26 heavy (non-hydrogen) atoms. The molecule has 0 unspecified atom stereocenters. The molecule has 140 valence electrons. The van der Waals surface area contributed by atoms with E-state index in [9.17, 15) is 17.6 Å². The summed E-state index contributed by atoms with van der Waals surface area (Å²) in [6.45, 7) is 2.40. The summed E-state index contributed by atoms with van der Waals surface area (Å²) in [5.74, 6) is -0.525. The molecule has 0 atom stereocenters. The van der Waals surface area contributed by atoms with Crippen molar-refractivity contribution < 1.29 is 17.6 Å². The van der Waals surface area contributed by atoms with E-state index in [0.717, 1.165) is 17.4 Å². The van der Waals surface area contributed by atoms with Gasteiger partial charge in [-0.25, -0.2) is 12.8 Å². The fourth-order valence-electron chi connectivity index (χ4n) is 2.49. The Hall–Kier alpha value is -2.41. The summed E-state index contributed by atoms with van der Waals surface area (Å²) >= 11 is 0. The van der Waals surface area contributed by atoms with E-state index in [2.05, 4.69) is 5.32 Å². The Balaban J connectivity index is 1.86. The monoisotopic (exact) mass is 378 g/mol. The van der Waals surface area contributed by atoms with Crippen molar-refractivity contribution in [2.75, 3.05) is 23.7 Å². The second-order valence-corrected chi connectivity index (χ2v) is 8.05. The molecule has 0 radical (unpaired) electrons. The van der Waals surface area contributed by atoms with E-state index >= 15 is 0 Å². The summed E-state index contributed by atoms with van der Waals surface area (Å²) < 4.78 is 38.1. The second-order valence-electron chi connectivity index (χ2n) is 6.15. The largest absolute Gasteiger partial charge is 0.356 e. The maximum Gasteiger partial charge on any atom is 0.232 e. The first-order valence-electron chi connectivity index (χ1n) is 8.31. The number of nitrogens with zero attached hydrogens (tertiary/aromatic N) is 1. The third-order valence-corrected chi connectivity index (χ3v) is 5.11. The predicted octanol–water partition coefficient (Wildman–Crippen LogP) is 2.65. The van der Waals surface area contributed by atoms with Gasteiger partial charge >= 0.3 is 0 Å². The van der Waals surface area contributed by atoms with Gasteiger partial charge in [0.1, 0.15) is 5.82 Å². The van der Waals surface area contributed by atoms with Gasteiger partial charge in [0.2, 0.25) is 15.9 Å². The second kappa shape index (κ2) is 8.80. The van der Waals surface area contributed by atoms with E-state index in [4.69, 9.17) is 0 Å². The van der Waals surface area contributed by atoms with E-state index in [1.807, 2.05) is 19.1 Å². The van der Waals surface area contributed by atoms with Crippen LogP contribution in [0, 0.1) is 12.7 Å². The quantitative estimate of drug-likeness (QED) is 0.768. The van der Waals surface area contributed by atoms with Crippen molar-refractivity contribution in [3.8, 4) is 0 Å². The number of amides is 1. The molecule has 0 aliphatic heterocycles. The lowest BCUT2D eigenvalue weighted by atomic mass is 10.1. The number of carbonyl (C=O) groups is 1. The highest BCUT2D eigenvalue weighted by molar-refractivity contribution is 7.92. The Morgan fingerprint density at radius 1 is 1.08 bits per heavy atom. The number of aryl methyl sites for hydroxylation is 1. The Morgan fingerprint density at radius 3 is 2.27 bits per heavy atom. The lowest BCUT2D eigenvalue weighted by molar-refractivity contribution is -0.120. The molecule has 2 aromatic carbocycles. The van der Waals surface area contributed by atoms with Crippen molar-refractivity contribution in [1.29, 1.82) is 0 Å². The minimum atomic E-state index is -3.48. The topological polar surface area (TPSA) is 66.5 Å². The average Bonchev–Trinajstić information content (AvgIpc) is 2.57. The lowest BCUT2D eigenvalue weighted by Gasteiger charge is -2.22. The summed E-state index contributed by atoms with van der Waals surface area (Å²) in [7, 11) is -3.48. The van der Waals surface area contributed by atoms with E-state index in [1.165, 1.54) is 16.4 Å². The first-order chi connectivity index (χ1) is 12.3. The SMILES string of the molecule is Cc1ccc(N(CCC(=O)NCCc2ccc(F)cc2)S(C)(=O)=O)cc1. The minimum Gasteiger partial charge on any atom is -0.356 e. The first-order valence-corrected chi connectivity index (χ1v) is 10.2. The van der Waals surface area contributed by atoms with Gasteiger partial charge in [-0.3, -0.25) is 9.10 Å². The number of hydrogen-bond acceptors (Lipinski definition) is 3. The van der Waals surface area contributed by atoms with E-state index in [0.29, 0.717) is 18.7 Å². The molecule has 0 saturated carbocycles. The fraction of sp³-hybridized carbons (Fsp3) is 0.316. The molecule has 7 heteroatoms. The third-order valence-electron chi connectivity index (χ3n) is 3.91. The summed E-state index contributed by atoms with van der Waals surface area (Å²) in [6.07, 6.45) is 1.77. The number of sulfonamides is 1. The Morgan fingerprint density at radius 2 is 1.69 bits per heavy atom. The van der Waals surface area contributed by atoms with Crippen LogP contribution in [0.5, 0.6) is 0 Å². The molecule has 2 rings (SSSR count). The molecule has 1 amide bonds. The van der Waals surface area contributed by atoms with Crippen LogP contribution < -0.4 is 9.62 Å². The number of anilines is 1. The Bertz CT molecular complexity index is 834. The predicted molar refractivity (Wildman–Crippen MR) is 101 cm³/mol. The molecule has 1 N–H and O–H groups in total. The number of benzene rings is 2. The molecular formula is C19H23FN2O3S. The zero-order chi connectivity index (χ0) is 19.2. The van der Waals surface area contributed by atoms with Crippen LogP contribution in [-0.2, 0) is 21.2 Å². The molecule has 0 fully saturated rings. The van der Waals surface area contributed by atoms with Crippen LogP contribution in [0.2, 0.25) is 0 Å². The summed E-state index contributed by atoms with van der Waals surface area (Å²) in [5, 5.41) is 2.76. The van der Waals surface area contributed by atoms with Crippen molar-refractivity contribution in [2.24, 2.45) is 0 Å². The molecule has 0 aromatic heterocycles. The molecule has 2 aromatic rings. The molecule has 0 saturated heterocycles.